The van der Waals surface area contributed by atoms with E-state index in [2.05, 4.69) is 33.0 Å². The third-order valence-corrected chi connectivity index (χ3v) is 7.26. The number of nitrogens with zero attached hydrogens (tertiary/aromatic N) is 2. The number of carbonyl (C=O) groups excluding carboxylic acids is 2. The summed E-state index contributed by atoms with van der Waals surface area (Å²) in [6, 6.07) is 11.5. The predicted molar refractivity (Wildman–Crippen MR) is 109 cm³/mol. The van der Waals surface area contributed by atoms with Crippen LogP contribution in [0.1, 0.15) is 29.1 Å². The lowest BCUT2D eigenvalue weighted by Gasteiger charge is -2.46. The van der Waals surface area contributed by atoms with Crippen molar-refractivity contribution in [3.05, 3.63) is 56.3 Å². The number of rotatable bonds is 2. The number of para-hydroxylation sites is 1. The molecule has 1 N–H and O–H groups in total. The van der Waals surface area contributed by atoms with Gasteiger partial charge in [0, 0.05) is 34.4 Å². The number of aromatic amines is 1. The van der Waals surface area contributed by atoms with Crippen molar-refractivity contribution < 1.29 is 9.59 Å². The first-order valence-corrected chi connectivity index (χ1v) is 10.6. The summed E-state index contributed by atoms with van der Waals surface area (Å²) in [5.41, 5.74) is 3.24. The van der Waals surface area contributed by atoms with Gasteiger partial charge in [-0.2, -0.15) is 0 Å². The maximum absolute atomic E-state index is 13.1. The van der Waals surface area contributed by atoms with Crippen LogP contribution in [0.4, 0.5) is 0 Å². The molecule has 0 bridgehead atoms. The van der Waals surface area contributed by atoms with Crippen LogP contribution >= 0.6 is 27.3 Å². The summed E-state index contributed by atoms with van der Waals surface area (Å²) < 4.78 is 1.02. The van der Waals surface area contributed by atoms with Gasteiger partial charge in [-0.05, 0) is 46.6 Å². The number of amides is 2. The summed E-state index contributed by atoms with van der Waals surface area (Å²) in [5.74, 6) is 0.0638. The van der Waals surface area contributed by atoms with E-state index in [1.54, 1.807) is 16.2 Å². The van der Waals surface area contributed by atoms with Crippen LogP contribution in [0, 0.1) is 0 Å². The van der Waals surface area contributed by atoms with Gasteiger partial charge in [0.1, 0.15) is 12.1 Å². The second-order valence-corrected chi connectivity index (χ2v) is 9.48. The smallest absolute Gasteiger partial charge is 0.246 e. The average Bonchev–Trinajstić information content (AvgIpc) is 3.26. The number of nitrogens with one attached hydrogen (secondary N) is 1. The molecule has 7 heteroatoms. The second kappa shape index (κ2) is 6.21. The number of halogens is 1. The molecule has 1 fully saturated rings. The molecule has 1 saturated heterocycles. The van der Waals surface area contributed by atoms with E-state index >= 15 is 0 Å². The van der Waals surface area contributed by atoms with Crippen molar-refractivity contribution in [2.24, 2.45) is 0 Å². The number of carbonyl (C=O) groups is 2. The molecule has 4 heterocycles. The first-order valence-electron chi connectivity index (χ1n) is 9.03. The third-order valence-electron chi connectivity index (χ3n) is 5.59. The minimum atomic E-state index is -0.441. The number of hydrogen-bond donors (Lipinski definition) is 1. The average molecular weight is 444 g/mol. The summed E-state index contributed by atoms with van der Waals surface area (Å²) >= 11 is 5.15. The zero-order valence-corrected chi connectivity index (χ0v) is 17.1. The van der Waals surface area contributed by atoms with Gasteiger partial charge >= 0.3 is 0 Å². The van der Waals surface area contributed by atoms with Crippen LogP contribution in [0.15, 0.2) is 40.2 Å². The Bertz CT molecular complexity index is 1070. The van der Waals surface area contributed by atoms with Crippen LogP contribution in [-0.2, 0) is 16.0 Å². The fourth-order valence-electron chi connectivity index (χ4n) is 4.36. The normalized spacial score (nSPS) is 22.3. The van der Waals surface area contributed by atoms with Crippen molar-refractivity contribution in [2.75, 3.05) is 13.1 Å². The van der Waals surface area contributed by atoms with E-state index in [-0.39, 0.29) is 24.4 Å². The number of fused-ring (bicyclic) bond motifs is 4. The molecular formula is C20H18BrN3O2S. The van der Waals surface area contributed by atoms with Crippen molar-refractivity contribution in [3.63, 3.8) is 0 Å². The Labute approximate surface area is 169 Å². The number of aromatic nitrogens is 1. The van der Waals surface area contributed by atoms with Gasteiger partial charge in [0.25, 0.3) is 0 Å². The lowest BCUT2D eigenvalue weighted by atomic mass is 9.88. The molecule has 0 aliphatic carbocycles. The molecule has 1 aromatic carbocycles. The molecule has 0 spiro atoms. The topological polar surface area (TPSA) is 56.4 Å². The second-order valence-electron chi connectivity index (χ2n) is 6.98. The number of H-pyrrole nitrogens is 1. The standard InChI is InChI=1S/C20H18BrN3O2S/c1-2-23-10-17(25)24-14(20(23)26)9-12-11-5-3-4-6-13(11)22-18(12)19(24)15-7-8-16(21)27-15/h3-8,14,19,22H,2,9-10H2,1H3/t14-,19-/m1/s1. The van der Waals surface area contributed by atoms with E-state index in [4.69, 9.17) is 0 Å². The Balaban J connectivity index is 1.74. The zero-order valence-electron chi connectivity index (χ0n) is 14.7. The molecule has 2 amide bonds. The summed E-state index contributed by atoms with van der Waals surface area (Å²) in [6.45, 7) is 2.64. The summed E-state index contributed by atoms with van der Waals surface area (Å²) in [5, 5.41) is 1.14. The Kier molecular flexibility index (Phi) is 3.91. The van der Waals surface area contributed by atoms with Gasteiger partial charge in [-0.3, -0.25) is 9.59 Å². The molecule has 138 valence electrons. The third kappa shape index (κ3) is 2.48. The van der Waals surface area contributed by atoms with Crippen LogP contribution in [0.5, 0.6) is 0 Å². The quantitative estimate of drug-likeness (QED) is 0.656. The maximum Gasteiger partial charge on any atom is 0.246 e. The lowest BCUT2D eigenvalue weighted by molar-refractivity contribution is -0.158. The minimum Gasteiger partial charge on any atom is -0.356 e. The first-order chi connectivity index (χ1) is 13.1. The number of piperazine rings is 1. The zero-order chi connectivity index (χ0) is 18.7. The molecule has 0 radical (unpaired) electrons. The van der Waals surface area contributed by atoms with E-state index < -0.39 is 6.04 Å². The SMILES string of the molecule is CCN1CC(=O)N2[C@H](c3ccc(Br)s3)c3[nH]c4ccccc4c3C[C@@H]2C1=O. The molecule has 5 rings (SSSR count). The van der Waals surface area contributed by atoms with Gasteiger partial charge in [-0.1, -0.05) is 18.2 Å². The van der Waals surface area contributed by atoms with E-state index in [0.717, 1.165) is 30.8 Å². The number of hydrogen-bond acceptors (Lipinski definition) is 3. The number of thiophene rings is 1. The van der Waals surface area contributed by atoms with Gasteiger partial charge in [-0.15, -0.1) is 11.3 Å². The molecule has 2 aliphatic heterocycles. The minimum absolute atomic E-state index is 0.0141. The molecule has 27 heavy (non-hydrogen) atoms. The highest BCUT2D eigenvalue weighted by molar-refractivity contribution is 9.11. The highest BCUT2D eigenvalue weighted by atomic mass is 79.9. The van der Waals surface area contributed by atoms with Gasteiger partial charge in [0.2, 0.25) is 11.8 Å². The van der Waals surface area contributed by atoms with E-state index in [9.17, 15) is 9.59 Å². The Hall–Kier alpha value is -2.12. The largest absolute Gasteiger partial charge is 0.356 e. The van der Waals surface area contributed by atoms with Crippen molar-refractivity contribution in [1.82, 2.24) is 14.8 Å². The summed E-state index contributed by atoms with van der Waals surface area (Å²) in [7, 11) is 0. The summed E-state index contributed by atoms with van der Waals surface area (Å²) in [4.78, 5) is 34.3. The van der Waals surface area contributed by atoms with E-state index in [1.165, 1.54) is 0 Å². The Morgan fingerprint density at radius 2 is 2.04 bits per heavy atom. The Morgan fingerprint density at radius 3 is 2.78 bits per heavy atom. The number of likely N-dealkylation sites (N-methyl/N-ethyl adjacent to an activating group) is 1. The van der Waals surface area contributed by atoms with E-state index in [0.29, 0.717) is 13.0 Å². The fourth-order valence-corrected chi connectivity index (χ4v) is 5.90. The van der Waals surface area contributed by atoms with Crippen LogP contribution in [-0.4, -0.2) is 45.7 Å². The van der Waals surface area contributed by atoms with Crippen molar-refractivity contribution in [2.45, 2.75) is 25.4 Å². The van der Waals surface area contributed by atoms with Crippen molar-refractivity contribution in [1.29, 1.82) is 0 Å². The molecule has 2 atom stereocenters. The lowest BCUT2D eigenvalue weighted by Crippen LogP contribution is -2.62. The van der Waals surface area contributed by atoms with Crippen LogP contribution < -0.4 is 0 Å². The van der Waals surface area contributed by atoms with E-state index in [1.807, 2.05) is 36.1 Å². The van der Waals surface area contributed by atoms with Crippen molar-refractivity contribution in [3.8, 4) is 0 Å². The highest BCUT2D eigenvalue weighted by Gasteiger charge is 2.48. The van der Waals surface area contributed by atoms with Gasteiger partial charge in [0.15, 0.2) is 0 Å². The maximum atomic E-state index is 13.1. The van der Waals surface area contributed by atoms with Crippen LogP contribution in [0.3, 0.4) is 0 Å². The van der Waals surface area contributed by atoms with Crippen LogP contribution in [0.25, 0.3) is 10.9 Å². The summed E-state index contributed by atoms with van der Waals surface area (Å²) in [6.07, 6.45) is 0.559. The molecule has 0 saturated carbocycles. The molecule has 2 aliphatic rings. The monoisotopic (exact) mass is 443 g/mol. The van der Waals surface area contributed by atoms with Gasteiger partial charge in [0.05, 0.1) is 10.3 Å². The molecule has 0 unspecified atom stereocenters. The fraction of sp³-hybridized carbons (Fsp3) is 0.300. The van der Waals surface area contributed by atoms with Gasteiger partial charge < -0.3 is 14.8 Å². The van der Waals surface area contributed by atoms with Crippen LogP contribution in [0.2, 0.25) is 0 Å². The molecule has 2 aromatic heterocycles. The van der Waals surface area contributed by atoms with Gasteiger partial charge in [-0.25, -0.2) is 0 Å². The highest BCUT2D eigenvalue weighted by Crippen LogP contribution is 2.44. The molecule has 3 aromatic rings. The molecular weight excluding hydrogens is 426 g/mol. The predicted octanol–water partition coefficient (Wildman–Crippen LogP) is 3.70. The Morgan fingerprint density at radius 1 is 1.22 bits per heavy atom. The molecule has 5 nitrogen and oxygen atoms in total. The number of benzene rings is 1. The van der Waals surface area contributed by atoms with Crippen molar-refractivity contribution >= 4 is 50.0 Å². The first kappa shape index (κ1) is 17.0.